The van der Waals surface area contributed by atoms with Crippen LogP contribution < -0.4 is 5.32 Å². The van der Waals surface area contributed by atoms with Crippen LogP contribution in [0.2, 0.25) is 0 Å². The summed E-state index contributed by atoms with van der Waals surface area (Å²) in [4.78, 5) is 12.4. The standard InChI is InChI=1S/C23H19BrFNO4S/c24-19-9-13-21(14-10-19)31(28,29)30-16-22(18-7-11-20(25)12-8-18)26-23(27)15-6-17-4-2-1-3-5-17/h1-15,22H,16H2,(H,26,27)/b15-6+. The lowest BCUT2D eigenvalue weighted by molar-refractivity contribution is -0.117. The molecule has 0 saturated carbocycles. The van der Waals surface area contributed by atoms with Gasteiger partial charge in [0.2, 0.25) is 5.91 Å². The smallest absolute Gasteiger partial charge is 0.297 e. The van der Waals surface area contributed by atoms with Gasteiger partial charge in [-0.15, -0.1) is 0 Å². The zero-order valence-electron chi connectivity index (χ0n) is 16.2. The van der Waals surface area contributed by atoms with Crippen molar-refractivity contribution in [1.82, 2.24) is 5.32 Å². The fourth-order valence-corrected chi connectivity index (χ4v) is 3.88. The molecular formula is C23H19BrFNO4S. The minimum atomic E-state index is -4.04. The van der Waals surface area contributed by atoms with Crippen molar-refractivity contribution in [2.75, 3.05) is 6.61 Å². The molecule has 1 unspecified atom stereocenters. The van der Waals surface area contributed by atoms with Gasteiger partial charge in [0, 0.05) is 10.5 Å². The lowest BCUT2D eigenvalue weighted by Gasteiger charge is -2.18. The first-order chi connectivity index (χ1) is 14.8. The average Bonchev–Trinajstić information content (AvgIpc) is 2.77. The summed E-state index contributed by atoms with van der Waals surface area (Å²) in [5.41, 5.74) is 1.35. The van der Waals surface area contributed by atoms with Crippen LogP contribution >= 0.6 is 15.9 Å². The van der Waals surface area contributed by atoms with Gasteiger partial charge < -0.3 is 5.32 Å². The van der Waals surface area contributed by atoms with E-state index in [0.717, 1.165) is 10.0 Å². The molecule has 0 spiro atoms. The second-order valence-corrected chi connectivity index (χ2v) is 9.08. The lowest BCUT2D eigenvalue weighted by atomic mass is 10.1. The fraction of sp³-hybridized carbons (Fsp3) is 0.0870. The van der Waals surface area contributed by atoms with Gasteiger partial charge in [-0.3, -0.25) is 8.98 Å². The largest absolute Gasteiger partial charge is 0.343 e. The van der Waals surface area contributed by atoms with E-state index < -0.39 is 27.9 Å². The van der Waals surface area contributed by atoms with E-state index in [0.29, 0.717) is 5.56 Å². The molecule has 31 heavy (non-hydrogen) atoms. The summed E-state index contributed by atoms with van der Waals surface area (Å²) < 4.78 is 44.3. The van der Waals surface area contributed by atoms with Crippen LogP contribution in [0, 0.1) is 5.82 Å². The molecule has 8 heteroatoms. The Morgan fingerprint density at radius 3 is 2.29 bits per heavy atom. The highest BCUT2D eigenvalue weighted by Crippen LogP contribution is 2.20. The SMILES string of the molecule is O=C(/C=C/c1ccccc1)NC(COS(=O)(=O)c1ccc(Br)cc1)c1ccc(F)cc1. The predicted molar refractivity (Wildman–Crippen MR) is 120 cm³/mol. The molecule has 0 fully saturated rings. The zero-order chi connectivity index (χ0) is 22.3. The molecule has 0 aliphatic rings. The number of hydrogen-bond acceptors (Lipinski definition) is 4. The van der Waals surface area contributed by atoms with Gasteiger partial charge in [-0.05, 0) is 53.6 Å². The van der Waals surface area contributed by atoms with Crippen molar-refractivity contribution >= 4 is 38.0 Å². The first kappa shape index (κ1) is 22.9. The highest BCUT2D eigenvalue weighted by atomic mass is 79.9. The summed E-state index contributed by atoms with van der Waals surface area (Å²) in [5.74, 6) is -0.885. The number of carbonyl (C=O) groups is 1. The fourth-order valence-electron chi connectivity index (χ4n) is 2.70. The van der Waals surface area contributed by atoms with Gasteiger partial charge >= 0.3 is 0 Å². The van der Waals surface area contributed by atoms with Gasteiger partial charge in [0.1, 0.15) is 5.82 Å². The van der Waals surface area contributed by atoms with Crippen molar-refractivity contribution in [2.24, 2.45) is 0 Å². The molecule has 1 amide bonds. The monoisotopic (exact) mass is 503 g/mol. The topological polar surface area (TPSA) is 72.5 Å². The van der Waals surface area contributed by atoms with E-state index in [1.54, 1.807) is 18.2 Å². The van der Waals surface area contributed by atoms with Gasteiger partial charge in [0.05, 0.1) is 17.5 Å². The molecule has 1 atom stereocenters. The van der Waals surface area contributed by atoms with E-state index in [-0.39, 0.29) is 11.5 Å². The Balaban J connectivity index is 1.75. The molecule has 0 saturated heterocycles. The third kappa shape index (κ3) is 6.85. The van der Waals surface area contributed by atoms with E-state index in [1.807, 2.05) is 30.3 Å². The van der Waals surface area contributed by atoms with Crippen molar-refractivity contribution in [3.05, 3.63) is 106 Å². The van der Waals surface area contributed by atoms with Crippen LogP contribution in [0.15, 0.2) is 94.3 Å². The van der Waals surface area contributed by atoms with E-state index in [4.69, 9.17) is 4.18 Å². The number of carbonyl (C=O) groups excluding carboxylic acids is 1. The lowest BCUT2D eigenvalue weighted by Crippen LogP contribution is -2.31. The second kappa shape index (κ2) is 10.5. The molecule has 1 N–H and O–H groups in total. The molecule has 0 aliphatic heterocycles. The van der Waals surface area contributed by atoms with Crippen molar-refractivity contribution in [3.63, 3.8) is 0 Å². The van der Waals surface area contributed by atoms with Crippen LogP contribution in [0.4, 0.5) is 4.39 Å². The molecule has 0 aromatic heterocycles. The maximum absolute atomic E-state index is 13.3. The average molecular weight is 504 g/mol. The molecule has 3 rings (SSSR count). The maximum atomic E-state index is 13.3. The van der Waals surface area contributed by atoms with Crippen LogP contribution in [0.1, 0.15) is 17.2 Å². The predicted octanol–water partition coefficient (Wildman–Crippen LogP) is 4.86. The molecule has 160 valence electrons. The summed E-state index contributed by atoms with van der Waals surface area (Å²) in [6.07, 6.45) is 2.98. The third-order valence-electron chi connectivity index (χ3n) is 4.31. The van der Waals surface area contributed by atoms with Crippen LogP contribution in [0.25, 0.3) is 6.08 Å². The van der Waals surface area contributed by atoms with Crippen LogP contribution in [0.5, 0.6) is 0 Å². The minimum absolute atomic E-state index is 0.0103. The molecule has 3 aromatic carbocycles. The van der Waals surface area contributed by atoms with Crippen molar-refractivity contribution < 1.29 is 21.8 Å². The molecular weight excluding hydrogens is 485 g/mol. The summed E-state index contributed by atoms with van der Waals surface area (Å²) in [5, 5.41) is 2.71. The van der Waals surface area contributed by atoms with Gasteiger partial charge in [-0.2, -0.15) is 8.42 Å². The van der Waals surface area contributed by atoms with Gasteiger partial charge in [-0.25, -0.2) is 4.39 Å². The number of benzene rings is 3. The Hall–Kier alpha value is -2.81. The van der Waals surface area contributed by atoms with Gasteiger partial charge in [0.25, 0.3) is 10.1 Å². The quantitative estimate of drug-likeness (QED) is 0.351. The second-order valence-electron chi connectivity index (χ2n) is 6.55. The number of nitrogens with one attached hydrogen (secondary N) is 1. The number of rotatable bonds is 8. The Morgan fingerprint density at radius 2 is 1.65 bits per heavy atom. The summed E-state index contributed by atoms with van der Waals surface area (Å²) in [6, 6.07) is 19.8. The first-order valence-electron chi connectivity index (χ1n) is 9.27. The molecule has 5 nitrogen and oxygen atoms in total. The normalized spacial score (nSPS) is 12.6. The summed E-state index contributed by atoms with van der Waals surface area (Å²) in [7, 11) is -4.04. The molecule has 0 radical (unpaired) electrons. The molecule has 0 bridgehead atoms. The third-order valence-corrected chi connectivity index (χ3v) is 6.13. The number of halogens is 2. The highest BCUT2D eigenvalue weighted by molar-refractivity contribution is 9.10. The van der Waals surface area contributed by atoms with E-state index in [1.165, 1.54) is 42.5 Å². The molecule has 0 heterocycles. The van der Waals surface area contributed by atoms with Crippen molar-refractivity contribution in [2.45, 2.75) is 10.9 Å². The van der Waals surface area contributed by atoms with Crippen LogP contribution in [0.3, 0.4) is 0 Å². The summed E-state index contributed by atoms with van der Waals surface area (Å²) >= 11 is 3.25. The van der Waals surface area contributed by atoms with Crippen LogP contribution in [-0.2, 0) is 19.1 Å². The number of hydrogen-bond donors (Lipinski definition) is 1. The Kier molecular flexibility index (Phi) is 7.73. The first-order valence-corrected chi connectivity index (χ1v) is 11.5. The Bertz CT molecular complexity index is 1150. The minimum Gasteiger partial charge on any atom is -0.343 e. The van der Waals surface area contributed by atoms with Crippen molar-refractivity contribution in [3.8, 4) is 0 Å². The van der Waals surface area contributed by atoms with E-state index >= 15 is 0 Å². The van der Waals surface area contributed by atoms with E-state index in [2.05, 4.69) is 21.2 Å². The van der Waals surface area contributed by atoms with Crippen LogP contribution in [-0.4, -0.2) is 20.9 Å². The summed E-state index contributed by atoms with van der Waals surface area (Å²) in [6.45, 7) is -0.352. The highest BCUT2D eigenvalue weighted by Gasteiger charge is 2.21. The zero-order valence-corrected chi connectivity index (χ0v) is 18.6. The van der Waals surface area contributed by atoms with Gasteiger partial charge in [0.15, 0.2) is 0 Å². The van der Waals surface area contributed by atoms with E-state index in [9.17, 15) is 17.6 Å². The molecule has 3 aromatic rings. The number of amides is 1. The van der Waals surface area contributed by atoms with Crippen molar-refractivity contribution in [1.29, 1.82) is 0 Å². The van der Waals surface area contributed by atoms with Gasteiger partial charge in [-0.1, -0.05) is 58.4 Å². The Morgan fingerprint density at radius 1 is 1.00 bits per heavy atom. The molecule has 0 aliphatic carbocycles. The maximum Gasteiger partial charge on any atom is 0.297 e. The Labute approximate surface area is 188 Å².